The van der Waals surface area contributed by atoms with Crippen molar-refractivity contribution in [2.75, 3.05) is 0 Å². The van der Waals surface area contributed by atoms with Crippen LogP contribution in [0.25, 0.3) is 0 Å². The van der Waals surface area contributed by atoms with Gasteiger partial charge in [-0.3, -0.25) is 4.79 Å². The van der Waals surface area contributed by atoms with E-state index in [1.165, 1.54) is 13.3 Å². The summed E-state index contributed by atoms with van der Waals surface area (Å²) >= 11 is 0. The van der Waals surface area contributed by atoms with E-state index in [0.29, 0.717) is 6.61 Å². The number of rotatable bonds is 3. The SMILES string of the molecule is CC(=O)C#CC#CC1(OCc2ccccc2)CCCCC1. The summed E-state index contributed by atoms with van der Waals surface area (Å²) in [5, 5.41) is 0. The van der Waals surface area contributed by atoms with Gasteiger partial charge in [-0.05, 0) is 49.0 Å². The van der Waals surface area contributed by atoms with Crippen LogP contribution in [0, 0.1) is 23.7 Å². The van der Waals surface area contributed by atoms with Crippen molar-refractivity contribution in [2.24, 2.45) is 0 Å². The summed E-state index contributed by atoms with van der Waals surface area (Å²) in [6.07, 6.45) is 5.37. The highest BCUT2D eigenvalue weighted by molar-refractivity contribution is 5.93. The van der Waals surface area contributed by atoms with Crippen molar-refractivity contribution in [3.63, 3.8) is 0 Å². The van der Waals surface area contributed by atoms with Crippen LogP contribution in [0.1, 0.15) is 44.6 Å². The average molecular weight is 280 g/mol. The number of hydrogen-bond acceptors (Lipinski definition) is 2. The molecule has 0 radical (unpaired) electrons. The van der Waals surface area contributed by atoms with Crippen LogP contribution in [0.3, 0.4) is 0 Å². The molecular formula is C19H20O2. The molecule has 1 aliphatic carbocycles. The van der Waals surface area contributed by atoms with Gasteiger partial charge in [0.15, 0.2) is 0 Å². The third kappa shape index (κ3) is 5.10. The van der Waals surface area contributed by atoms with Crippen LogP contribution in [0.2, 0.25) is 0 Å². The smallest absolute Gasteiger partial charge is 0.203 e. The summed E-state index contributed by atoms with van der Waals surface area (Å²) in [7, 11) is 0. The summed E-state index contributed by atoms with van der Waals surface area (Å²) < 4.78 is 6.14. The number of ketones is 1. The Morgan fingerprint density at radius 3 is 2.52 bits per heavy atom. The molecule has 0 N–H and O–H groups in total. The maximum absolute atomic E-state index is 10.8. The van der Waals surface area contributed by atoms with Gasteiger partial charge in [0, 0.05) is 6.92 Å². The van der Waals surface area contributed by atoms with Crippen molar-refractivity contribution >= 4 is 5.78 Å². The number of ether oxygens (including phenoxy) is 1. The molecule has 0 saturated heterocycles. The molecule has 0 atom stereocenters. The van der Waals surface area contributed by atoms with E-state index in [1.54, 1.807) is 0 Å². The summed E-state index contributed by atoms with van der Waals surface area (Å²) in [6.45, 7) is 2.01. The van der Waals surface area contributed by atoms with Gasteiger partial charge < -0.3 is 4.74 Å². The van der Waals surface area contributed by atoms with Gasteiger partial charge in [0.25, 0.3) is 0 Å². The number of hydrogen-bond donors (Lipinski definition) is 0. The molecule has 1 aromatic carbocycles. The van der Waals surface area contributed by atoms with E-state index in [-0.39, 0.29) is 5.78 Å². The summed E-state index contributed by atoms with van der Waals surface area (Å²) in [5.74, 6) is 10.9. The first-order valence-corrected chi connectivity index (χ1v) is 7.42. The lowest BCUT2D eigenvalue weighted by molar-refractivity contribution is -0.111. The van der Waals surface area contributed by atoms with E-state index in [1.807, 2.05) is 18.2 Å². The largest absolute Gasteiger partial charge is 0.358 e. The van der Waals surface area contributed by atoms with E-state index in [0.717, 1.165) is 31.2 Å². The van der Waals surface area contributed by atoms with Gasteiger partial charge in [-0.15, -0.1) is 0 Å². The van der Waals surface area contributed by atoms with Gasteiger partial charge in [-0.2, -0.15) is 0 Å². The zero-order valence-corrected chi connectivity index (χ0v) is 12.4. The molecule has 1 aromatic rings. The molecule has 0 amide bonds. The van der Waals surface area contributed by atoms with Gasteiger partial charge in [0.2, 0.25) is 5.78 Å². The van der Waals surface area contributed by atoms with Crippen molar-refractivity contribution in [1.29, 1.82) is 0 Å². The second kappa shape index (κ2) is 7.67. The minimum absolute atomic E-state index is 0.160. The minimum Gasteiger partial charge on any atom is -0.358 e. The molecule has 2 heteroatoms. The Kier molecular flexibility index (Phi) is 5.61. The number of Topliss-reactive ketones (excluding diaryl/α,β-unsaturated/α-hetero) is 1. The Balaban J connectivity index is 2.06. The van der Waals surface area contributed by atoms with Gasteiger partial charge in [-0.25, -0.2) is 0 Å². The fourth-order valence-electron chi connectivity index (χ4n) is 2.49. The molecule has 1 saturated carbocycles. The molecule has 21 heavy (non-hydrogen) atoms. The standard InChI is InChI=1S/C19H20O2/c1-17(20)10-6-9-15-19(13-7-3-8-14-19)21-16-18-11-4-2-5-12-18/h2,4-5,11-12H,3,7-8,13-14,16H2,1H3. The molecule has 2 rings (SSSR count). The Labute approximate surface area is 126 Å². The van der Waals surface area contributed by atoms with Crippen LogP contribution in [0.5, 0.6) is 0 Å². The first-order chi connectivity index (χ1) is 10.2. The molecule has 1 aliphatic rings. The third-order valence-corrected chi connectivity index (χ3v) is 3.61. The predicted molar refractivity (Wildman–Crippen MR) is 83.3 cm³/mol. The van der Waals surface area contributed by atoms with Crippen molar-refractivity contribution in [3.05, 3.63) is 35.9 Å². The number of benzene rings is 1. The molecule has 0 spiro atoms. The third-order valence-electron chi connectivity index (χ3n) is 3.61. The van der Waals surface area contributed by atoms with E-state index in [2.05, 4.69) is 35.8 Å². The normalized spacial score (nSPS) is 16.0. The zero-order chi connectivity index (χ0) is 15.0. The second-order valence-corrected chi connectivity index (χ2v) is 5.39. The quantitative estimate of drug-likeness (QED) is 0.625. The Morgan fingerprint density at radius 2 is 1.86 bits per heavy atom. The highest BCUT2D eigenvalue weighted by atomic mass is 16.5. The first kappa shape index (κ1) is 15.4. The lowest BCUT2D eigenvalue weighted by atomic mass is 9.85. The van der Waals surface area contributed by atoms with Gasteiger partial charge in [0.1, 0.15) is 5.60 Å². The summed E-state index contributed by atoms with van der Waals surface area (Å²) in [4.78, 5) is 10.8. The molecule has 2 nitrogen and oxygen atoms in total. The molecule has 0 aliphatic heterocycles. The van der Waals surface area contributed by atoms with E-state index >= 15 is 0 Å². The summed E-state index contributed by atoms with van der Waals surface area (Å²) in [5.41, 5.74) is 0.749. The molecule has 108 valence electrons. The number of carbonyl (C=O) groups excluding carboxylic acids is 1. The zero-order valence-electron chi connectivity index (χ0n) is 12.4. The topological polar surface area (TPSA) is 26.3 Å². The van der Waals surface area contributed by atoms with Gasteiger partial charge in [0.05, 0.1) is 6.61 Å². The fraction of sp³-hybridized carbons (Fsp3) is 0.421. The predicted octanol–water partition coefficient (Wildman–Crippen LogP) is 3.50. The van der Waals surface area contributed by atoms with E-state index in [9.17, 15) is 4.79 Å². The van der Waals surface area contributed by atoms with Crippen LogP contribution in [-0.4, -0.2) is 11.4 Å². The minimum atomic E-state index is -0.403. The highest BCUT2D eigenvalue weighted by Gasteiger charge is 2.31. The lowest BCUT2D eigenvalue weighted by Crippen LogP contribution is -2.33. The van der Waals surface area contributed by atoms with Crippen LogP contribution >= 0.6 is 0 Å². The molecule has 0 bridgehead atoms. The highest BCUT2D eigenvalue weighted by Crippen LogP contribution is 2.32. The molecule has 0 aromatic heterocycles. The fourth-order valence-corrected chi connectivity index (χ4v) is 2.49. The molecule has 0 unspecified atom stereocenters. The molecule has 0 heterocycles. The average Bonchev–Trinajstić information content (AvgIpc) is 2.52. The van der Waals surface area contributed by atoms with Crippen molar-refractivity contribution in [2.45, 2.75) is 51.2 Å². The van der Waals surface area contributed by atoms with Crippen LogP contribution < -0.4 is 0 Å². The van der Waals surface area contributed by atoms with Gasteiger partial charge >= 0.3 is 0 Å². The summed E-state index contributed by atoms with van der Waals surface area (Å²) in [6, 6.07) is 10.1. The Bertz CT molecular complexity index is 587. The van der Waals surface area contributed by atoms with Crippen LogP contribution in [-0.2, 0) is 16.1 Å². The van der Waals surface area contributed by atoms with E-state index in [4.69, 9.17) is 4.74 Å². The van der Waals surface area contributed by atoms with Crippen molar-refractivity contribution in [3.8, 4) is 23.7 Å². The second-order valence-electron chi connectivity index (χ2n) is 5.39. The number of carbonyl (C=O) groups is 1. The maximum Gasteiger partial charge on any atom is 0.203 e. The van der Waals surface area contributed by atoms with E-state index < -0.39 is 5.60 Å². The van der Waals surface area contributed by atoms with Gasteiger partial charge in [-0.1, -0.05) is 42.7 Å². The van der Waals surface area contributed by atoms with Crippen molar-refractivity contribution < 1.29 is 9.53 Å². The van der Waals surface area contributed by atoms with Crippen LogP contribution in [0.15, 0.2) is 30.3 Å². The molecular weight excluding hydrogens is 260 g/mol. The monoisotopic (exact) mass is 280 g/mol. The Hall–Kier alpha value is -2.03. The first-order valence-electron chi connectivity index (χ1n) is 7.42. The Morgan fingerprint density at radius 1 is 1.14 bits per heavy atom. The lowest BCUT2D eigenvalue weighted by Gasteiger charge is -2.32. The maximum atomic E-state index is 10.8. The van der Waals surface area contributed by atoms with Crippen molar-refractivity contribution in [1.82, 2.24) is 0 Å². The molecule has 1 fully saturated rings. The van der Waals surface area contributed by atoms with Crippen LogP contribution in [0.4, 0.5) is 0 Å².